The van der Waals surface area contributed by atoms with Gasteiger partial charge in [-0.15, -0.1) is 0 Å². The summed E-state index contributed by atoms with van der Waals surface area (Å²) in [6.45, 7) is 0. The van der Waals surface area contributed by atoms with E-state index in [4.69, 9.17) is 19.9 Å². The van der Waals surface area contributed by atoms with Crippen LogP contribution in [-0.2, 0) is 0 Å². The number of hydrogen-bond acceptors (Lipinski definition) is 4. The highest BCUT2D eigenvalue weighted by atomic mass is 15.0. The Morgan fingerprint density at radius 1 is 0.344 bits per heavy atom. The van der Waals surface area contributed by atoms with E-state index in [9.17, 15) is 0 Å². The number of fused-ring (bicyclic) bond motifs is 7. The molecule has 0 amide bonds. The summed E-state index contributed by atoms with van der Waals surface area (Å²) in [4.78, 5) is 21.4. The van der Waals surface area contributed by atoms with E-state index in [1.54, 1.807) is 0 Å². The molecule has 0 spiro atoms. The summed E-state index contributed by atoms with van der Waals surface area (Å²) >= 11 is 0. The fourth-order valence-electron chi connectivity index (χ4n) is 8.95. The summed E-state index contributed by atoms with van der Waals surface area (Å²) < 4.78 is 2.42. The summed E-state index contributed by atoms with van der Waals surface area (Å²) in [5.74, 6) is 1.80. The standard InChI is InChI=1S/C56H35N5/c1-3-15-36(16-4-1)38-27-29-41(30-28-38)55-58-54(40-19-5-2-6-20-40)59-56(60-55)50-44-22-10-9-18-39(44)32-34-47(50)52-51-46-24-12-14-26-49(46)61(53(51)45-23-11-13-25-48(45)57-52)43-33-31-37-17-7-8-21-42(37)35-43/h1-35H. The van der Waals surface area contributed by atoms with Gasteiger partial charge in [-0.2, -0.15) is 0 Å². The van der Waals surface area contributed by atoms with E-state index in [0.29, 0.717) is 17.5 Å². The number of aromatic nitrogens is 5. The molecule has 0 fully saturated rings. The van der Waals surface area contributed by atoms with Crippen molar-refractivity contribution in [3.05, 3.63) is 212 Å². The molecule has 12 rings (SSSR count). The molecule has 0 unspecified atom stereocenters. The minimum atomic E-state index is 0.587. The zero-order valence-corrected chi connectivity index (χ0v) is 32.9. The van der Waals surface area contributed by atoms with E-state index in [1.165, 1.54) is 10.8 Å². The molecule has 0 N–H and O–H groups in total. The van der Waals surface area contributed by atoms with Crippen LogP contribution in [0.1, 0.15) is 0 Å². The maximum absolute atomic E-state index is 5.59. The fraction of sp³-hybridized carbons (Fsp3) is 0. The van der Waals surface area contributed by atoms with Gasteiger partial charge in [0.2, 0.25) is 0 Å². The Bertz CT molecular complexity index is 3630. The van der Waals surface area contributed by atoms with Gasteiger partial charge in [0, 0.05) is 44.1 Å². The Balaban J connectivity index is 1.16. The maximum Gasteiger partial charge on any atom is 0.165 e. The largest absolute Gasteiger partial charge is 0.308 e. The van der Waals surface area contributed by atoms with Gasteiger partial charge in [0.1, 0.15) is 0 Å². The van der Waals surface area contributed by atoms with Gasteiger partial charge in [0.15, 0.2) is 17.5 Å². The molecule has 9 aromatic carbocycles. The average Bonchev–Trinajstić information content (AvgIpc) is 3.69. The van der Waals surface area contributed by atoms with Crippen molar-refractivity contribution in [2.75, 3.05) is 0 Å². The first kappa shape index (κ1) is 34.7. The highest BCUT2D eigenvalue weighted by molar-refractivity contribution is 6.23. The number of benzene rings is 9. The van der Waals surface area contributed by atoms with E-state index in [0.717, 1.165) is 88.2 Å². The normalized spacial score (nSPS) is 11.6. The molecule has 0 saturated heterocycles. The Morgan fingerprint density at radius 2 is 0.885 bits per heavy atom. The lowest BCUT2D eigenvalue weighted by Crippen LogP contribution is -2.02. The molecule has 0 atom stereocenters. The number of nitrogens with zero attached hydrogens (tertiary/aromatic N) is 5. The molecule has 0 aliphatic carbocycles. The van der Waals surface area contributed by atoms with Gasteiger partial charge in [-0.1, -0.05) is 188 Å². The third-order valence-corrected chi connectivity index (χ3v) is 11.8. The van der Waals surface area contributed by atoms with Crippen molar-refractivity contribution in [2.24, 2.45) is 0 Å². The fourth-order valence-corrected chi connectivity index (χ4v) is 8.95. The molecule has 0 aliphatic heterocycles. The van der Waals surface area contributed by atoms with Gasteiger partial charge in [-0.05, 0) is 56.9 Å². The Labute approximate surface area is 351 Å². The lowest BCUT2D eigenvalue weighted by Gasteiger charge is -2.16. The number of pyridine rings is 1. The molecule has 5 heteroatoms. The molecular formula is C56H35N5. The van der Waals surface area contributed by atoms with E-state index < -0.39 is 0 Å². The molecule has 12 aromatic rings. The highest BCUT2D eigenvalue weighted by Crippen LogP contribution is 2.45. The first-order chi connectivity index (χ1) is 30.2. The second kappa shape index (κ2) is 14.2. The Kier molecular flexibility index (Phi) is 8.10. The monoisotopic (exact) mass is 777 g/mol. The average molecular weight is 778 g/mol. The van der Waals surface area contributed by atoms with Gasteiger partial charge in [-0.25, -0.2) is 19.9 Å². The molecular weight excluding hydrogens is 743 g/mol. The van der Waals surface area contributed by atoms with Crippen LogP contribution in [0, 0.1) is 0 Å². The van der Waals surface area contributed by atoms with Gasteiger partial charge in [-0.3, -0.25) is 0 Å². The van der Waals surface area contributed by atoms with Crippen molar-refractivity contribution < 1.29 is 0 Å². The predicted octanol–water partition coefficient (Wildman–Crippen LogP) is 14.2. The van der Waals surface area contributed by atoms with Crippen LogP contribution in [-0.4, -0.2) is 24.5 Å². The molecule has 61 heavy (non-hydrogen) atoms. The van der Waals surface area contributed by atoms with Gasteiger partial charge in [0.25, 0.3) is 0 Å². The van der Waals surface area contributed by atoms with Crippen molar-refractivity contribution in [3.63, 3.8) is 0 Å². The quantitative estimate of drug-likeness (QED) is 0.169. The third-order valence-electron chi connectivity index (χ3n) is 11.8. The third kappa shape index (κ3) is 5.86. The smallest absolute Gasteiger partial charge is 0.165 e. The SMILES string of the molecule is c1ccc(-c2ccc(-c3nc(-c4ccccc4)nc(-c4c(-c5nc6ccccc6c6c5c5ccccc5n6-c5ccc6ccccc6c5)ccc5ccccc45)n3)cc2)cc1. The lowest BCUT2D eigenvalue weighted by molar-refractivity contribution is 1.08. The van der Waals surface area contributed by atoms with Crippen LogP contribution in [0.2, 0.25) is 0 Å². The van der Waals surface area contributed by atoms with Gasteiger partial charge >= 0.3 is 0 Å². The van der Waals surface area contributed by atoms with Crippen LogP contribution in [0.4, 0.5) is 0 Å². The number of rotatable bonds is 6. The molecule has 0 bridgehead atoms. The molecule has 3 aromatic heterocycles. The minimum Gasteiger partial charge on any atom is -0.308 e. The predicted molar refractivity (Wildman–Crippen MR) is 252 cm³/mol. The van der Waals surface area contributed by atoms with Crippen LogP contribution < -0.4 is 0 Å². The summed E-state index contributed by atoms with van der Waals surface area (Å²) in [7, 11) is 0. The highest BCUT2D eigenvalue weighted by Gasteiger charge is 2.25. The van der Waals surface area contributed by atoms with E-state index in [-0.39, 0.29) is 0 Å². The zero-order chi connectivity index (χ0) is 40.3. The summed E-state index contributed by atoms with van der Waals surface area (Å²) in [5.41, 5.74) is 11.1. The van der Waals surface area contributed by atoms with Gasteiger partial charge in [0.05, 0.1) is 22.2 Å². The number of para-hydroxylation sites is 2. The summed E-state index contributed by atoms with van der Waals surface area (Å²) in [6.07, 6.45) is 0. The second-order valence-corrected chi connectivity index (χ2v) is 15.4. The molecule has 0 aliphatic rings. The Morgan fingerprint density at radius 3 is 1.66 bits per heavy atom. The van der Waals surface area contributed by atoms with Crippen LogP contribution in [0.15, 0.2) is 212 Å². The van der Waals surface area contributed by atoms with E-state index in [1.807, 2.05) is 24.3 Å². The first-order valence-corrected chi connectivity index (χ1v) is 20.6. The maximum atomic E-state index is 5.59. The second-order valence-electron chi connectivity index (χ2n) is 15.4. The molecule has 284 valence electrons. The van der Waals surface area contributed by atoms with Crippen molar-refractivity contribution in [1.82, 2.24) is 24.5 Å². The molecule has 0 radical (unpaired) electrons. The molecule has 3 heterocycles. The lowest BCUT2D eigenvalue weighted by atomic mass is 9.93. The van der Waals surface area contributed by atoms with Gasteiger partial charge < -0.3 is 4.57 Å². The van der Waals surface area contributed by atoms with Crippen LogP contribution in [0.3, 0.4) is 0 Å². The van der Waals surface area contributed by atoms with Crippen molar-refractivity contribution >= 4 is 54.3 Å². The van der Waals surface area contributed by atoms with Crippen molar-refractivity contribution in [3.8, 4) is 62.2 Å². The van der Waals surface area contributed by atoms with Crippen LogP contribution >= 0.6 is 0 Å². The number of hydrogen-bond donors (Lipinski definition) is 0. The van der Waals surface area contributed by atoms with Crippen molar-refractivity contribution in [1.29, 1.82) is 0 Å². The minimum absolute atomic E-state index is 0.587. The van der Waals surface area contributed by atoms with E-state index >= 15 is 0 Å². The van der Waals surface area contributed by atoms with Crippen LogP contribution in [0.5, 0.6) is 0 Å². The van der Waals surface area contributed by atoms with E-state index in [2.05, 4.69) is 193 Å². The summed E-state index contributed by atoms with van der Waals surface area (Å²) in [6, 6.07) is 74.5. The zero-order valence-electron chi connectivity index (χ0n) is 32.9. The summed E-state index contributed by atoms with van der Waals surface area (Å²) in [5, 5.41) is 7.81. The van der Waals surface area contributed by atoms with Crippen LogP contribution in [0.25, 0.3) is 116 Å². The first-order valence-electron chi connectivity index (χ1n) is 20.6. The van der Waals surface area contributed by atoms with Crippen molar-refractivity contribution in [2.45, 2.75) is 0 Å². The molecule has 0 saturated carbocycles. The topological polar surface area (TPSA) is 56.5 Å². The Hall–Kier alpha value is -8.28. The molecule has 5 nitrogen and oxygen atoms in total.